The SMILES string of the molecule is CN[C@@H]1CCC(CC(C)(C)NC)C1. The Morgan fingerprint density at radius 1 is 1.23 bits per heavy atom. The number of rotatable bonds is 4. The second kappa shape index (κ2) is 4.43. The van der Waals surface area contributed by atoms with Gasteiger partial charge in [0, 0.05) is 11.6 Å². The summed E-state index contributed by atoms with van der Waals surface area (Å²) in [5, 5.41) is 6.76. The van der Waals surface area contributed by atoms with Crippen LogP contribution in [0.5, 0.6) is 0 Å². The molecule has 13 heavy (non-hydrogen) atoms. The van der Waals surface area contributed by atoms with Crippen LogP contribution in [0.15, 0.2) is 0 Å². The Morgan fingerprint density at radius 2 is 1.92 bits per heavy atom. The highest BCUT2D eigenvalue weighted by molar-refractivity contribution is 4.86. The second-order valence-corrected chi connectivity index (χ2v) is 5.00. The van der Waals surface area contributed by atoms with E-state index in [1.165, 1.54) is 25.7 Å². The van der Waals surface area contributed by atoms with Crippen LogP contribution >= 0.6 is 0 Å². The lowest BCUT2D eigenvalue weighted by Gasteiger charge is -2.27. The lowest BCUT2D eigenvalue weighted by atomic mass is 9.89. The van der Waals surface area contributed by atoms with Crippen molar-refractivity contribution in [3.8, 4) is 0 Å². The molecule has 0 heterocycles. The van der Waals surface area contributed by atoms with E-state index in [0.29, 0.717) is 5.54 Å². The average Bonchev–Trinajstić information content (AvgIpc) is 2.52. The molecular formula is C11H24N2. The van der Waals surface area contributed by atoms with E-state index < -0.39 is 0 Å². The third kappa shape index (κ3) is 3.28. The first-order chi connectivity index (χ1) is 6.07. The molecule has 0 aliphatic heterocycles. The summed E-state index contributed by atoms with van der Waals surface area (Å²) in [7, 11) is 4.14. The highest BCUT2D eigenvalue weighted by Crippen LogP contribution is 2.31. The van der Waals surface area contributed by atoms with E-state index in [-0.39, 0.29) is 0 Å². The van der Waals surface area contributed by atoms with Gasteiger partial charge in [-0.15, -0.1) is 0 Å². The predicted octanol–water partition coefficient (Wildman–Crippen LogP) is 1.76. The van der Waals surface area contributed by atoms with E-state index in [2.05, 4.69) is 38.6 Å². The molecule has 1 aliphatic rings. The molecule has 2 N–H and O–H groups in total. The normalized spacial score (nSPS) is 29.5. The summed E-state index contributed by atoms with van der Waals surface area (Å²) in [4.78, 5) is 0. The first kappa shape index (κ1) is 11.0. The van der Waals surface area contributed by atoms with Gasteiger partial charge < -0.3 is 10.6 Å². The van der Waals surface area contributed by atoms with Crippen LogP contribution in [-0.2, 0) is 0 Å². The molecular weight excluding hydrogens is 160 g/mol. The van der Waals surface area contributed by atoms with Gasteiger partial charge >= 0.3 is 0 Å². The maximum atomic E-state index is 3.38. The number of nitrogens with one attached hydrogen (secondary N) is 2. The molecule has 0 bridgehead atoms. The van der Waals surface area contributed by atoms with Crippen molar-refractivity contribution in [2.24, 2.45) is 5.92 Å². The van der Waals surface area contributed by atoms with Crippen molar-refractivity contribution < 1.29 is 0 Å². The van der Waals surface area contributed by atoms with Crippen LogP contribution in [0.25, 0.3) is 0 Å². The van der Waals surface area contributed by atoms with Gasteiger partial charge in [0.15, 0.2) is 0 Å². The minimum Gasteiger partial charge on any atom is -0.317 e. The van der Waals surface area contributed by atoms with E-state index in [0.717, 1.165) is 12.0 Å². The van der Waals surface area contributed by atoms with Gasteiger partial charge in [0.05, 0.1) is 0 Å². The van der Waals surface area contributed by atoms with Gasteiger partial charge in [-0.2, -0.15) is 0 Å². The van der Waals surface area contributed by atoms with Gasteiger partial charge in [-0.25, -0.2) is 0 Å². The van der Waals surface area contributed by atoms with Crippen molar-refractivity contribution in [1.29, 1.82) is 0 Å². The van der Waals surface area contributed by atoms with Gasteiger partial charge in [0.1, 0.15) is 0 Å². The lowest BCUT2D eigenvalue weighted by molar-refractivity contribution is 0.314. The number of hydrogen-bond donors (Lipinski definition) is 2. The van der Waals surface area contributed by atoms with Gasteiger partial charge in [-0.1, -0.05) is 0 Å². The molecule has 0 saturated heterocycles. The lowest BCUT2D eigenvalue weighted by Crippen LogP contribution is -2.38. The molecule has 0 aromatic carbocycles. The van der Waals surface area contributed by atoms with Crippen LogP contribution in [0.2, 0.25) is 0 Å². The fourth-order valence-corrected chi connectivity index (χ4v) is 2.35. The zero-order valence-electron chi connectivity index (χ0n) is 9.48. The smallest absolute Gasteiger partial charge is 0.0124 e. The second-order valence-electron chi connectivity index (χ2n) is 5.00. The van der Waals surface area contributed by atoms with E-state index in [9.17, 15) is 0 Å². The summed E-state index contributed by atoms with van der Waals surface area (Å²) in [6, 6.07) is 0.776. The largest absolute Gasteiger partial charge is 0.317 e. The van der Waals surface area contributed by atoms with Crippen LogP contribution < -0.4 is 10.6 Å². The van der Waals surface area contributed by atoms with Crippen molar-refractivity contribution in [2.75, 3.05) is 14.1 Å². The highest BCUT2D eigenvalue weighted by Gasteiger charge is 2.28. The van der Waals surface area contributed by atoms with E-state index >= 15 is 0 Å². The zero-order chi connectivity index (χ0) is 9.90. The Bertz CT molecular complexity index is 154. The summed E-state index contributed by atoms with van der Waals surface area (Å²) >= 11 is 0. The van der Waals surface area contributed by atoms with Crippen molar-refractivity contribution in [1.82, 2.24) is 10.6 Å². The van der Waals surface area contributed by atoms with Crippen LogP contribution in [0, 0.1) is 5.92 Å². The Balaban J connectivity index is 2.31. The van der Waals surface area contributed by atoms with E-state index in [1.54, 1.807) is 0 Å². The van der Waals surface area contributed by atoms with Gasteiger partial charge in [0.2, 0.25) is 0 Å². The minimum absolute atomic E-state index is 0.313. The summed E-state index contributed by atoms with van der Waals surface area (Å²) < 4.78 is 0. The predicted molar refractivity (Wildman–Crippen MR) is 57.9 cm³/mol. The van der Waals surface area contributed by atoms with Gasteiger partial charge in [-0.3, -0.25) is 0 Å². The maximum Gasteiger partial charge on any atom is 0.0124 e. The summed E-state index contributed by atoms with van der Waals surface area (Å²) in [6.07, 6.45) is 5.43. The highest BCUT2D eigenvalue weighted by atomic mass is 14.9. The number of hydrogen-bond acceptors (Lipinski definition) is 2. The van der Waals surface area contributed by atoms with Crippen LogP contribution in [0.1, 0.15) is 39.5 Å². The quantitative estimate of drug-likeness (QED) is 0.696. The molecule has 1 saturated carbocycles. The molecule has 78 valence electrons. The third-order valence-corrected chi connectivity index (χ3v) is 3.43. The minimum atomic E-state index is 0.313. The van der Waals surface area contributed by atoms with Crippen molar-refractivity contribution in [3.05, 3.63) is 0 Å². The molecule has 1 rings (SSSR count). The average molecular weight is 184 g/mol. The molecule has 0 radical (unpaired) electrons. The Labute approximate surface area is 82.5 Å². The zero-order valence-corrected chi connectivity index (χ0v) is 9.48. The van der Waals surface area contributed by atoms with Crippen LogP contribution in [0.3, 0.4) is 0 Å². The summed E-state index contributed by atoms with van der Waals surface area (Å²) in [5.74, 6) is 0.917. The monoisotopic (exact) mass is 184 g/mol. The molecule has 1 fully saturated rings. The molecule has 2 nitrogen and oxygen atoms in total. The standard InChI is InChI=1S/C11H24N2/c1-11(2,13-4)8-9-5-6-10(7-9)12-3/h9-10,12-13H,5-8H2,1-4H3/t9?,10-/m1/s1. The molecule has 0 aromatic rings. The van der Waals surface area contributed by atoms with E-state index in [1.807, 2.05) is 0 Å². The van der Waals surface area contributed by atoms with E-state index in [4.69, 9.17) is 0 Å². The van der Waals surface area contributed by atoms with Gasteiger partial charge in [0.25, 0.3) is 0 Å². The molecule has 0 amide bonds. The fourth-order valence-electron chi connectivity index (χ4n) is 2.35. The Morgan fingerprint density at radius 3 is 2.38 bits per heavy atom. The van der Waals surface area contributed by atoms with Crippen molar-refractivity contribution in [3.63, 3.8) is 0 Å². The summed E-state index contributed by atoms with van der Waals surface area (Å²) in [6.45, 7) is 4.58. The molecule has 1 unspecified atom stereocenters. The fraction of sp³-hybridized carbons (Fsp3) is 1.00. The third-order valence-electron chi connectivity index (χ3n) is 3.43. The first-order valence-electron chi connectivity index (χ1n) is 5.43. The van der Waals surface area contributed by atoms with Gasteiger partial charge in [-0.05, 0) is 59.5 Å². The molecule has 0 aromatic heterocycles. The molecule has 2 atom stereocenters. The van der Waals surface area contributed by atoms with Crippen LogP contribution in [0.4, 0.5) is 0 Å². The molecule has 1 aliphatic carbocycles. The topological polar surface area (TPSA) is 24.1 Å². The Hall–Kier alpha value is -0.0800. The van der Waals surface area contributed by atoms with Crippen LogP contribution in [-0.4, -0.2) is 25.7 Å². The molecule has 0 spiro atoms. The first-order valence-corrected chi connectivity index (χ1v) is 5.43. The Kier molecular flexibility index (Phi) is 3.74. The maximum absolute atomic E-state index is 3.38. The van der Waals surface area contributed by atoms with Crippen molar-refractivity contribution in [2.45, 2.75) is 51.1 Å². The molecule has 2 heteroatoms. The van der Waals surface area contributed by atoms with Crippen molar-refractivity contribution >= 4 is 0 Å². The summed E-state index contributed by atoms with van der Waals surface area (Å²) in [5.41, 5.74) is 0.313.